The molecule has 2 aliphatic rings. The van der Waals surface area contributed by atoms with Crippen molar-refractivity contribution in [1.29, 1.82) is 0 Å². The first-order valence-electron chi connectivity index (χ1n) is 6.85. The maximum Gasteiger partial charge on any atom is 0.337 e. The largest absolute Gasteiger partial charge is 0.467 e. The molecule has 0 aromatic heterocycles. The van der Waals surface area contributed by atoms with Crippen LogP contribution in [0.2, 0.25) is 0 Å². The lowest BCUT2D eigenvalue weighted by atomic mass is 10.0. The second-order valence-electron chi connectivity index (χ2n) is 5.20. The van der Waals surface area contributed by atoms with Gasteiger partial charge in [-0.2, -0.15) is 0 Å². The van der Waals surface area contributed by atoms with Crippen LogP contribution in [0.25, 0.3) is 0 Å². The zero-order chi connectivity index (χ0) is 15.0. The maximum atomic E-state index is 12.4. The number of rotatable bonds is 3. The van der Waals surface area contributed by atoms with E-state index in [1.165, 1.54) is 7.11 Å². The van der Waals surface area contributed by atoms with Crippen LogP contribution in [-0.2, 0) is 30.3 Å². The first-order chi connectivity index (χ1) is 10.1. The van der Waals surface area contributed by atoms with Crippen LogP contribution >= 0.6 is 0 Å². The maximum absolute atomic E-state index is 12.4. The Morgan fingerprint density at radius 1 is 1.29 bits per heavy atom. The van der Waals surface area contributed by atoms with Crippen LogP contribution in [0.4, 0.5) is 0 Å². The van der Waals surface area contributed by atoms with E-state index < -0.39 is 24.5 Å². The lowest BCUT2D eigenvalue weighted by Gasteiger charge is -2.36. The monoisotopic (exact) mass is 291 g/mol. The van der Waals surface area contributed by atoms with E-state index in [1.807, 2.05) is 37.3 Å². The molecule has 1 amide bonds. The van der Waals surface area contributed by atoms with Crippen molar-refractivity contribution >= 4 is 11.9 Å². The standard InChI is InChI=1S/C15H17NO5/c1-9-11-12(14(18)19-2)21-15(20-11)13(17)16(9)8-10-6-4-3-5-7-10/h3-7,9,11-12,15H,8H2,1-2H3/t9-,11+,12-,15-/m0/s1. The van der Waals surface area contributed by atoms with Gasteiger partial charge in [0.1, 0.15) is 6.10 Å². The van der Waals surface area contributed by atoms with Gasteiger partial charge >= 0.3 is 5.97 Å². The third-order valence-electron chi connectivity index (χ3n) is 3.93. The first kappa shape index (κ1) is 14.0. The number of carbonyl (C=O) groups is 2. The summed E-state index contributed by atoms with van der Waals surface area (Å²) in [5.41, 5.74) is 1.02. The topological polar surface area (TPSA) is 65.1 Å². The summed E-state index contributed by atoms with van der Waals surface area (Å²) in [5, 5.41) is 0. The number of carbonyl (C=O) groups excluding carboxylic acids is 2. The summed E-state index contributed by atoms with van der Waals surface area (Å²) < 4.78 is 15.6. The minimum Gasteiger partial charge on any atom is -0.467 e. The summed E-state index contributed by atoms with van der Waals surface area (Å²) in [6, 6.07) is 9.42. The molecule has 4 atom stereocenters. The fraction of sp³-hybridized carbons (Fsp3) is 0.467. The molecular formula is C15H17NO5. The molecule has 0 radical (unpaired) electrons. The highest BCUT2D eigenvalue weighted by Crippen LogP contribution is 2.32. The smallest absolute Gasteiger partial charge is 0.337 e. The Bertz CT molecular complexity index is 546. The predicted molar refractivity (Wildman–Crippen MR) is 72.0 cm³/mol. The lowest BCUT2D eigenvalue weighted by Crippen LogP contribution is -2.54. The number of fused-ring (bicyclic) bond motifs is 2. The zero-order valence-corrected chi connectivity index (χ0v) is 11.9. The number of morpholine rings is 1. The van der Waals surface area contributed by atoms with Gasteiger partial charge in [-0.25, -0.2) is 4.79 Å². The van der Waals surface area contributed by atoms with E-state index in [1.54, 1.807) is 4.90 Å². The van der Waals surface area contributed by atoms with Crippen molar-refractivity contribution in [3.8, 4) is 0 Å². The van der Waals surface area contributed by atoms with E-state index in [9.17, 15) is 9.59 Å². The van der Waals surface area contributed by atoms with Gasteiger partial charge in [0, 0.05) is 6.54 Å². The van der Waals surface area contributed by atoms with E-state index in [2.05, 4.69) is 0 Å². The molecule has 2 saturated heterocycles. The van der Waals surface area contributed by atoms with Crippen LogP contribution in [0.5, 0.6) is 0 Å². The second kappa shape index (κ2) is 5.46. The van der Waals surface area contributed by atoms with Gasteiger partial charge < -0.3 is 19.1 Å². The fourth-order valence-electron chi connectivity index (χ4n) is 2.76. The highest BCUT2D eigenvalue weighted by atomic mass is 16.8. The van der Waals surface area contributed by atoms with Crippen molar-refractivity contribution in [2.24, 2.45) is 0 Å². The molecule has 0 saturated carbocycles. The Kier molecular flexibility index (Phi) is 3.65. The number of hydrogen-bond acceptors (Lipinski definition) is 5. The van der Waals surface area contributed by atoms with Gasteiger partial charge in [0.25, 0.3) is 5.91 Å². The van der Waals surface area contributed by atoms with Gasteiger partial charge in [-0.3, -0.25) is 4.79 Å². The van der Waals surface area contributed by atoms with Crippen molar-refractivity contribution in [3.63, 3.8) is 0 Å². The summed E-state index contributed by atoms with van der Waals surface area (Å²) >= 11 is 0. The molecule has 1 aromatic rings. The number of amides is 1. The summed E-state index contributed by atoms with van der Waals surface area (Å²) in [7, 11) is 1.29. The van der Waals surface area contributed by atoms with Crippen LogP contribution in [0, 0.1) is 0 Å². The minimum absolute atomic E-state index is 0.256. The van der Waals surface area contributed by atoms with Gasteiger partial charge in [-0.05, 0) is 12.5 Å². The molecule has 112 valence electrons. The van der Waals surface area contributed by atoms with E-state index in [0.29, 0.717) is 6.54 Å². The van der Waals surface area contributed by atoms with Gasteiger partial charge in [0.05, 0.1) is 13.2 Å². The number of nitrogens with zero attached hydrogens (tertiary/aromatic N) is 1. The molecule has 6 heteroatoms. The number of benzene rings is 1. The van der Waals surface area contributed by atoms with E-state index in [4.69, 9.17) is 14.2 Å². The summed E-state index contributed by atoms with van der Waals surface area (Å²) in [6.07, 6.45) is -2.36. The molecule has 21 heavy (non-hydrogen) atoms. The van der Waals surface area contributed by atoms with E-state index >= 15 is 0 Å². The average Bonchev–Trinajstić information content (AvgIpc) is 2.92. The molecule has 2 fully saturated rings. The average molecular weight is 291 g/mol. The fourth-order valence-corrected chi connectivity index (χ4v) is 2.76. The predicted octanol–water partition coefficient (Wildman–Crippen LogP) is 0.700. The van der Waals surface area contributed by atoms with Gasteiger partial charge in [-0.1, -0.05) is 30.3 Å². The molecule has 3 rings (SSSR count). The number of esters is 1. The molecule has 2 heterocycles. The lowest BCUT2D eigenvalue weighted by molar-refractivity contribution is -0.178. The van der Waals surface area contributed by atoms with Gasteiger partial charge in [0.15, 0.2) is 6.10 Å². The van der Waals surface area contributed by atoms with Crippen LogP contribution in [-0.4, -0.2) is 48.4 Å². The first-order valence-corrected chi connectivity index (χ1v) is 6.85. The quantitative estimate of drug-likeness (QED) is 0.767. The number of methoxy groups -OCH3 is 1. The highest BCUT2D eigenvalue weighted by molar-refractivity contribution is 5.84. The Morgan fingerprint density at radius 3 is 2.67 bits per heavy atom. The SMILES string of the molecule is COC(=O)[C@H]1O[C@@H]2O[C@@H]1[C@H](C)N(Cc1ccccc1)C2=O. The Labute approximate surface area is 122 Å². The second-order valence-corrected chi connectivity index (χ2v) is 5.20. The number of ether oxygens (including phenoxy) is 3. The molecule has 6 nitrogen and oxygen atoms in total. The molecule has 0 spiro atoms. The Morgan fingerprint density at radius 2 is 2.00 bits per heavy atom. The van der Waals surface area contributed by atoms with E-state index in [0.717, 1.165) is 5.56 Å². The normalized spacial score (nSPS) is 31.3. The molecular weight excluding hydrogens is 274 g/mol. The zero-order valence-electron chi connectivity index (χ0n) is 11.9. The summed E-state index contributed by atoms with van der Waals surface area (Å²) in [5.74, 6) is -0.766. The van der Waals surface area contributed by atoms with Crippen molar-refractivity contribution in [2.45, 2.75) is 38.0 Å². The molecule has 0 aliphatic carbocycles. The summed E-state index contributed by atoms with van der Waals surface area (Å²) in [4.78, 5) is 25.8. The van der Waals surface area contributed by atoms with Crippen molar-refractivity contribution in [1.82, 2.24) is 4.90 Å². The van der Waals surface area contributed by atoms with Crippen molar-refractivity contribution in [2.75, 3.05) is 7.11 Å². The molecule has 2 bridgehead atoms. The molecule has 0 unspecified atom stereocenters. The van der Waals surface area contributed by atoms with Crippen molar-refractivity contribution in [3.05, 3.63) is 35.9 Å². The Hall–Kier alpha value is -1.92. The molecule has 2 aliphatic heterocycles. The minimum atomic E-state index is -1.01. The van der Waals surface area contributed by atoms with Crippen LogP contribution in [0.15, 0.2) is 30.3 Å². The van der Waals surface area contributed by atoms with E-state index in [-0.39, 0.29) is 11.9 Å². The molecule has 1 aromatic carbocycles. The van der Waals surface area contributed by atoms with Crippen molar-refractivity contribution < 1.29 is 23.8 Å². The van der Waals surface area contributed by atoms with Crippen LogP contribution in [0.3, 0.4) is 0 Å². The van der Waals surface area contributed by atoms with Gasteiger partial charge in [-0.15, -0.1) is 0 Å². The van der Waals surface area contributed by atoms with Gasteiger partial charge in [0.2, 0.25) is 6.29 Å². The highest BCUT2D eigenvalue weighted by Gasteiger charge is 2.54. The number of hydrogen-bond donors (Lipinski definition) is 0. The summed E-state index contributed by atoms with van der Waals surface area (Å²) in [6.45, 7) is 2.32. The Balaban J connectivity index is 1.81. The molecule has 0 N–H and O–H groups in total. The van der Waals surface area contributed by atoms with Crippen LogP contribution in [0.1, 0.15) is 12.5 Å². The third-order valence-corrected chi connectivity index (χ3v) is 3.93. The third kappa shape index (κ3) is 2.41. The van der Waals surface area contributed by atoms with Crippen LogP contribution < -0.4 is 0 Å².